The Kier molecular flexibility index (Phi) is 9.35. The third-order valence-electron chi connectivity index (χ3n) is 5.67. The van der Waals surface area contributed by atoms with Gasteiger partial charge in [0.15, 0.2) is 11.5 Å². The van der Waals surface area contributed by atoms with Crippen LogP contribution in [-0.2, 0) is 19.1 Å². The Labute approximate surface area is 190 Å². The number of amides is 1. The predicted molar refractivity (Wildman–Crippen MR) is 119 cm³/mol. The molecule has 2 rings (SSSR count). The van der Waals surface area contributed by atoms with Crippen molar-refractivity contribution in [2.45, 2.75) is 58.9 Å². The highest BCUT2D eigenvalue weighted by molar-refractivity contribution is 6.38. The lowest BCUT2D eigenvalue weighted by molar-refractivity contribution is -0.161. The predicted octanol–water partition coefficient (Wildman–Crippen LogP) is 3.40. The first-order chi connectivity index (χ1) is 15.2. The number of benzene rings is 1. The van der Waals surface area contributed by atoms with E-state index < -0.39 is 29.1 Å². The van der Waals surface area contributed by atoms with Crippen LogP contribution in [0, 0.1) is 5.41 Å². The lowest BCUT2D eigenvalue weighted by Gasteiger charge is -2.35. The van der Waals surface area contributed by atoms with Crippen molar-refractivity contribution in [3.8, 4) is 17.2 Å². The molecule has 1 heterocycles. The monoisotopic (exact) mass is 449 g/mol. The van der Waals surface area contributed by atoms with Crippen molar-refractivity contribution in [2.24, 2.45) is 5.41 Å². The van der Waals surface area contributed by atoms with Crippen LogP contribution >= 0.6 is 0 Å². The van der Waals surface area contributed by atoms with Crippen molar-refractivity contribution in [3.63, 3.8) is 0 Å². The summed E-state index contributed by atoms with van der Waals surface area (Å²) >= 11 is 0. The Bertz CT molecular complexity index is 806. The highest BCUT2D eigenvalue weighted by atomic mass is 16.6. The van der Waals surface area contributed by atoms with Gasteiger partial charge in [0.2, 0.25) is 5.78 Å². The molecule has 1 aliphatic rings. The van der Waals surface area contributed by atoms with Gasteiger partial charge in [-0.2, -0.15) is 0 Å². The van der Waals surface area contributed by atoms with Gasteiger partial charge in [0.05, 0.1) is 14.2 Å². The Balaban J connectivity index is 1.92. The van der Waals surface area contributed by atoms with Gasteiger partial charge in [-0.15, -0.1) is 0 Å². The van der Waals surface area contributed by atoms with Crippen molar-refractivity contribution in [1.29, 1.82) is 0 Å². The van der Waals surface area contributed by atoms with E-state index in [9.17, 15) is 14.4 Å². The second-order valence-corrected chi connectivity index (χ2v) is 8.51. The fourth-order valence-corrected chi connectivity index (χ4v) is 3.88. The molecule has 1 aromatic rings. The number of carbonyl (C=O) groups excluding carboxylic acids is 3. The maximum Gasteiger partial charge on any atom is 0.328 e. The van der Waals surface area contributed by atoms with Crippen molar-refractivity contribution in [3.05, 3.63) is 18.2 Å². The van der Waals surface area contributed by atoms with Crippen LogP contribution in [0.2, 0.25) is 0 Å². The molecular weight excluding hydrogens is 414 g/mol. The molecule has 1 fully saturated rings. The minimum absolute atomic E-state index is 0.0288. The first-order valence-corrected chi connectivity index (χ1v) is 11.1. The number of piperidine rings is 1. The summed E-state index contributed by atoms with van der Waals surface area (Å²) in [6.07, 6.45) is 3.48. The summed E-state index contributed by atoms with van der Waals surface area (Å²) in [7, 11) is 3.09. The normalized spacial score (nSPS) is 16.3. The van der Waals surface area contributed by atoms with Gasteiger partial charge in [0.25, 0.3) is 5.91 Å². The standard InChI is InChI=1S/C24H35NO7/c1-6-12-24(2,3)21(26)22(27)25-13-8-7-9-18(25)23(28)32-15-14-31-17-10-11-19(29-4)20(16-17)30-5/h10-11,16,18H,6-9,12-15H2,1-5H3. The first kappa shape index (κ1) is 25.5. The number of esters is 1. The lowest BCUT2D eigenvalue weighted by atomic mass is 9.82. The van der Waals surface area contributed by atoms with Crippen LogP contribution in [0.3, 0.4) is 0 Å². The zero-order valence-corrected chi connectivity index (χ0v) is 19.8. The van der Waals surface area contributed by atoms with E-state index in [-0.39, 0.29) is 13.2 Å². The van der Waals surface area contributed by atoms with E-state index in [1.165, 1.54) is 12.0 Å². The average molecular weight is 450 g/mol. The summed E-state index contributed by atoms with van der Waals surface area (Å²) in [4.78, 5) is 39.7. The Morgan fingerprint density at radius 3 is 2.44 bits per heavy atom. The summed E-state index contributed by atoms with van der Waals surface area (Å²) in [5, 5.41) is 0. The zero-order valence-electron chi connectivity index (χ0n) is 19.8. The van der Waals surface area contributed by atoms with E-state index in [0.717, 1.165) is 19.3 Å². The highest BCUT2D eigenvalue weighted by Gasteiger charge is 2.40. The zero-order chi connectivity index (χ0) is 23.7. The van der Waals surface area contributed by atoms with E-state index in [1.54, 1.807) is 39.2 Å². The molecule has 32 heavy (non-hydrogen) atoms. The summed E-state index contributed by atoms with van der Waals surface area (Å²) in [6.45, 7) is 6.09. The fraction of sp³-hybridized carbons (Fsp3) is 0.625. The van der Waals surface area contributed by atoms with Gasteiger partial charge in [-0.25, -0.2) is 4.79 Å². The Hall–Kier alpha value is -2.77. The molecule has 0 N–H and O–H groups in total. The van der Waals surface area contributed by atoms with Gasteiger partial charge in [0, 0.05) is 18.0 Å². The number of ether oxygens (including phenoxy) is 4. The number of Topliss-reactive ketones (excluding diaryl/α,β-unsaturated/α-hetero) is 1. The molecular formula is C24H35NO7. The second kappa shape index (κ2) is 11.7. The fourth-order valence-electron chi connectivity index (χ4n) is 3.88. The third-order valence-corrected chi connectivity index (χ3v) is 5.67. The van der Waals surface area contributed by atoms with Gasteiger partial charge in [0.1, 0.15) is 25.0 Å². The van der Waals surface area contributed by atoms with Crippen LogP contribution in [0.5, 0.6) is 17.2 Å². The number of nitrogens with zero attached hydrogens (tertiary/aromatic N) is 1. The molecule has 1 aliphatic heterocycles. The maximum atomic E-state index is 12.9. The number of methoxy groups -OCH3 is 2. The number of ketones is 1. The summed E-state index contributed by atoms with van der Waals surface area (Å²) in [5.74, 6) is 0.133. The third kappa shape index (κ3) is 6.37. The smallest absolute Gasteiger partial charge is 0.328 e. The van der Waals surface area contributed by atoms with Gasteiger partial charge < -0.3 is 23.8 Å². The van der Waals surface area contributed by atoms with Crippen molar-refractivity contribution < 1.29 is 33.3 Å². The van der Waals surface area contributed by atoms with Gasteiger partial charge in [-0.3, -0.25) is 9.59 Å². The summed E-state index contributed by atoms with van der Waals surface area (Å²) < 4.78 is 21.4. The molecule has 8 heteroatoms. The van der Waals surface area contributed by atoms with E-state index in [0.29, 0.717) is 36.6 Å². The molecule has 1 atom stereocenters. The molecule has 1 aromatic carbocycles. The molecule has 8 nitrogen and oxygen atoms in total. The molecule has 0 aromatic heterocycles. The second-order valence-electron chi connectivity index (χ2n) is 8.51. The minimum atomic E-state index is -0.745. The Morgan fingerprint density at radius 2 is 1.78 bits per heavy atom. The summed E-state index contributed by atoms with van der Waals surface area (Å²) in [6, 6.07) is 4.40. The van der Waals surface area contributed by atoms with Gasteiger partial charge >= 0.3 is 5.97 Å². The molecule has 1 unspecified atom stereocenters. The number of rotatable bonds is 11. The number of hydrogen-bond donors (Lipinski definition) is 0. The quantitative estimate of drug-likeness (QED) is 0.290. The van der Waals surface area contributed by atoms with Crippen molar-refractivity contribution in [2.75, 3.05) is 34.0 Å². The van der Waals surface area contributed by atoms with Crippen molar-refractivity contribution >= 4 is 17.7 Å². The number of likely N-dealkylation sites (tertiary alicyclic amines) is 1. The molecule has 0 saturated carbocycles. The highest BCUT2D eigenvalue weighted by Crippen LogP contribution is 2.31. The number of carbonyl (C=O) groups is 3. The van der Waals surface area contributed by atoms with Crippen LogP contribution in [0.25, 0.3) is 0 Å². The Morgan fingerprint density at radius 1 is 1.06 bits per heavy atom. The van der Waals surface area contributed by atoms with Crippen LogP contribution in [-0.4, -0.2) is 62.6 Å². The lowest BCUT2D eigenvalue weighted by Crippen LogP contribution is -2.53. The van der Waals surface area contributed by atoms with Crippen LogP contribution in [0.1, 0.15) is 52.9 Å². The SMILES string of the molecule is CCCC(C)(C)C(=O)C(=O)N1CCCCC1C(=O)OCCOc1ccc(OC)c(OC)c1. The van der Waals surface area contributed by atoms with Crippen LogP contribution in [0.4, 0.5) is 0 Å². The molecule has 0 bridgehead atoms. The maximum absolute atomic E-state index is 12.9. The van der Waals surface area contributed by atoms with Crippen LogP contribution < -0.4 is 14.2 Å². The van der Waals surface area contributed by atoms with E-state index in [2.05, 4.69) is 0 Å². The van der Waals surface area contributed by atoms with E-state index in [4.69, 9.17) is 18.9 Å². The topological polar surface area (TPSA) is 91.4 Å². The molecule has 178 valence electrons. The molecule has 1 saturated heterocycles. The van der Waals surface area contributed by atoms with Gasteiger partial charge in [-0.1, -0.05) is 27.2 Å². The molecule has 1 amide bonds. The average Bonchev–Trinajstić information content (AvgIpc) is 2.80. The van der Waals surface area contributed by atoms with Crippen LogP contribution in [0.15, 0.2) is 18.2 Å². The largest absolute Gasteiger partial charge is 0.493 e. The van der Waals surface area contributed by atoms with Crippen molar-refractivity contribution in [1.82, 2.24) is 4.90 Å². The number of hydrogen-bond acceptors (Lipinski definition) is 7. The first-order valence-electron chi connectivity index (χ1n) is 11.1. The van der Waals surface area contributed by atoms with Gasteiger partial charge in [-0.05, 0) is 37.8 Å². The van der Waals surface area contributed by atoms with E-state index in [1.807, 2.05) is 6.92 Å². The molecule has 0 aliphatic carbocycles. The van der Waals surface area contributed by atoms with E-state index >= 15 is 0 Å². The summed E-state index contributed by atoms with van der Waals surface area (Å²) in [5.41, 5.74) is -0.745. The molecule has 0 radical (unpaired) electrons. The molecule has 0 spiro atoms. The minimum Gasteiger partial charge on any atom is -0.493 e.